The molecule has 0 unspecified atom stereocenters. The van der Waals surface area contributed by atoms with Gasteiger partial charge in [-0.25, -0.2) is 4.57 Å². The van der Waals surface area contributed by atoms with E-state index in [4.69, 9.17) is 0 Å². The average Bonchev–Trinajstić information content (AvgIpc) is 3.25. The quantitative estimate of drug-likeness (QED) is 0.477. The second-order valence-corrected chi connectivity index (χ2v) is 7.86. The van der Waals surface area contributed by atoms with E-state index in [2.05, 4.69) is 69.6 Å². The van der Waals surface area contributed by atoms with Gasteiger partial charge in [-0.15, -0.1) is 22.7 Å². The Labute approximate surface area is 135 Å². The summed E-state index contributed by atoms with van der Waals surface area (Å²) >= 11 is 5.49. The fraction of sp³-hybridized carbons (Fsp3) is 0.0625. The second-order valence-electron chi connectivity index (χ2n) is 4.77. The minimum atomic E-state index is 1.25. The highest BCUT2D eigenvalue weighted by molar-refractivity contribution is 7.26. The first-order valence-electron chi connectivity index (χ1n) is 6.57. The number of rotatable bonds is 3. The molecule has 4 aromatic rings. The van der Waals surface area contributed by atoms with E-state index in [-0.39, 0.29) is 0 Å². The molecule has 2 nitrogen and oxygen atoms in total. The predicted molar refractivity (Wildman–Crippen MR) is 91.4 cm³/mol. The number of imidazole rings is 1. The molecule has 0 aromatic carbocycles. The number of hydrogen-bond donors (Lipinski definition) is 0. The topological polar surface area (TPSA) is 8.81 Å². The standard InChI is InChI=1S/C16H13N2S3/c1-17-8-9-18(11-17)16-7-6-15(21-16)14-5-4-13(20-14)12-3-2-10-19-12/h2-11H,1H3/q+1. The summed E-state index contributed by atoms with van der Waals surface area (Å²) in [4.78, 5) is 5.36. The number of thiophene rings is 3. The Bertz CT molecular complexity index is 865. The van der Waals surface area contributed by atoms with Crippen molar-refractivity contribution in [3.8, 4) is 24.5 Å². The molecule has 4 heterocycles. The number of hydrogen-bond acceptors (Lipinski definition) is 3. The van der Waals surface area contributed by atoms with Crippen LogP contribution in [0, 0.1) is 0 Å². The molecule has 0 aliphatic heterocycles. The SMILES string of the molecule is C[n+]1ccn(-c2ccc(-c3ccc(-c4cccs4)s3)s2)c1. The van der Waals surface area contributed by atoms with Gasteiger partial charge in [0.2, 0.25) is 6.33 Å². The molecule has 4 rings (SSSR count). The molecule has 0 amide bonds. The first-order valence-corrected chi connectivity index (χ1v) is 9.08. The van der Waals surface area contributed by atoms with Crippen LogP contribution in [0.4, 0.5) is 0 Å². The zero-order chi connectivity index (χ0) is 14.2. The van der Waals surface area contributed by atoms with E-state index in [0.717, 1.165) is 0 Å². The largest absolute Gasteiger partial charge is 0.249 e. The van der Waals surface area contributed by atoms with Crippen LogP contribution in [0.1, 0.15) is 0 Å². The van der Waals surface area contributed by atoms with Crippen LogP contribution in [0.2, 0.25) is 0 Å². The molecule has 0 saturated carbocycles. The summed E-state index contributed by atoms with van der Waals surface area (Å²) < 4.78 is 4.21. The number of aromatic nitrogens is 2. The molecule has 0 N–H and O–H groups in total. The molecule has 0 saturated heterocycles. The Morgan fingerprint density at radius 1 is 0.905 bits per heavy atom. The van der Waals surface area contributed by atoms with E-state index in [1.165, 1.54) is 24.5 Å². The van der Waals surface area contributed by atoms with Gasteiger partial charge >= 0.3 is 0 Å². The molecule has 0 aliphatic carbocycles. The van der Waals surface area contributed by atoms with Gasteiger partial charge in [0.1, 0.15) is 12.4 Å². The maximum Gasteiger partial charge on any atom is 0.249 e. The monoisotopic (exact) mass is 329 g/mol. The van der Waals surface area contributed by atoms with Crippen molar-refractivity contribution in [3.05, 3.63) is 60.5 Å². The third-order valence-corrected chi connectivity index (χ3v) is 6.67. The van der Waals surface area contributed by atoms with E-state index >= 15 is 0 Å². The summed E-state index contributed by atoms with van der Waals surface area (Å²) in [6, 6.07) is 13.1. The van der Waals surface area contributed by atoms with Crippen molar-refractivity contribution in [1.29, 1.82) is 0 Å². The smallest absolute Gasteiger partial charge is 0.239 e. The van der Waals surface area contributed by atoms with Gasteiger partial charge in [0, 0.05) is 19.5 Å². The molecule has 0 atom stereocenters. The van der Waals surface area contributed by atoms with E-state index in [1.54, 1.807) is 11.3 Å². The number of aryl methyl sites for hydroxylation is 1. The summed E-state index contributed by atoms with van der Waals surface area (Å²) in [7, 11) is 2.04. The van der Waals surface area contributed by atoms with Crippen molar-refractivity contribution in [3.63, 3.8) is 0 Å². The van der Waals surface area contributed by atoms with Crippen molar-refractivity contribution in [2.24, 2.45) is 7.05 Å². The van der Waals surface area contributed by atoms with Crippen molar-refractivity contribution in [2.45, 2.75) is 0 Å². The Hall–Kier alpha value is -1.69. The lowest BCUT2D eigenvalue weighted by Crippen LogP contribution is -2.23. The van der Waals surface area contributed by atoms with Gasteiger partial charge in [-0.1, -0.05) is 17.4 Å². The van der Waals surface area contributed by atoms with Crippen LogP contribution in [-0.4, -0.2) is 4.57 Å². The Balaban J connectivity index is 1.67. The first kappa shape index (κ1) is 13.0. The lowest BCUT2D eigenvalue weighted by molar-refractivity contribution is -0.670. The highest BCUT2D eigenvalue weighted by Gasteiger charge is 2.11. The molecular weight excluding hydrogens is 316 g/mol. The van der Waals surface area contributed by atoms with E-state index in [1.807, 2.05) is 29.7 Å². The Morgan fingerprint density at radius 2 is 1.67 bits per heavy atom. The van der Waals surface area contributed by atoms with Gasteiger partial charge in [0.25, 0.3) is 0 Å². The van der Waals surface area contributed by atoms with Crippen LogP contribution in [0.25, 0.3) is 24.5 Å². The fourth-order valence-electron chi connectivity index (χ4n) is 2.20. The van der Waals surface area contributed by atoms with Crippen molar-refractivity contribution < 1.29 is 4.57 Å². The Kier molecular flexibility index (Phi) is 3.25. The summed E-state index contributed by atoms with van der Waals surface area (Å²) in [5.74, 6) is 0. The molecule has 5 heteroatoms. The first-order chi connectivity index (χ1) is 10.3. The van der Waals surface area contributed by atoms with Crippen LogP contribution >= 0.6 is 34.0 Å². The fourth-order valence-corrected chi connectivity index (χ4v) is 5.09. The molecule has 0 fully saturated rings. The minimum absolute atomic E-state index is 1.25. The Morgan fingerprint density at radius 3 is 2.38 bits per heavy atom. The maximum absolute atomic E-state index is 2.23. The van der Waals surface area contributed by atoms with Gasteiger partial charge < -0.3 is 0 Å². The molecular formula is C16H13N2S3+. The van der Waals surface area contributed by atoms with Crippen LogP contribution in [-0.2, 0) is 7.05 Å². The summed E-state index contributed by atoms with van der Waals surface area (Å²) in [5.41, 5.74) is 0. The average molecular weight is 329 g/mol. The summed E-state index contributed by atoms with van der Waals surface area (Å²) in [5, 5.41) is 3.38. The number of nitrogens with zero attached hydrogens (tertiary/aromatic N) is 2. The van der Waals surface area contributed by atoms with Crippen LogP contribution < -0.4 is 4.57 Å². The van der Waals surface area contributed by atoms with Gasteiger partial charge in [0.15, 0.2) is 5.00 Å². The molecule has 0 spiro atoms. The minimum Gasteiger partial charge on any atom is -0.239 e. The lowest BCUT2D eigenvalue weighted by atomic mass is 10.3. The second kappa shape index (κ2) is 5.26. The van der Waals surface area contributed by atoms with Crippen molar-refractivity contribution >= 4 is 34.0 Å². The molecule has 0 radical (unpaired) electrons. The van der Waals surface area contributed by atoms with Crippen LogP contribution in [0.3, 0.4) is 0 Å². The summed E-state index contributed by atoms with van der Waals surface area (Å²) in [6.45, 7) is 0. The third kappa shape index (κ3) is 2.48. The van der Waals surface area contributed by atoms with Crippen LogP contribution in [0.15, 0.2) is 60.5 Å². The van der Waals surface area contributed by atoms with Gasteiger partial charge in [0.05, 0.1) is 7.05 Å². The molecule has 0 aliphatic rings. The zero-order valence-corrected chi connectivity index (χ0v) is 13.8. The maximum atomic E-state index is 2.23. The van der Waals surface area contributed by atoms with E-state index < -0.39 is 0 Å². The predicted octanol–water partition coefficient (Wildman–Crippen LogP) is 4.82. The molecule has 21 heavy (non-hydrogen) atoms. The molecule has 0 bridgehead atoms. The highest BCUT2D eigenvalue weighted by atomic mass is 32.1. The third-order valence-electron chi connectivity index (χ3n) is 3.23. The van der Waals surface area contributed by atoms with Crippen molar-refractivity contribution in [2.75, 3.05) is 0 Å². The highest BCUT2D eigenvalue weighted by Crippen LogP contribution is 2.39. The lowest BCUT2D eigenvalue weighted by Gasteiger charge is -1.90. The van der Waals surface area contributed by atoms with E-state index in [0.29, 0.717) is 0 Å². The van der Waals surface area contributed by atoms with Gasteiger partial charge in [-0.2, -0.15) is 4.57 Å². The van der Waals surface area contributed by atoms with Gasteiger partial charge in [-0.05, 0) is 35.7 Å². The molecule has 4 aromatic heterocycles. The van der Waals surface area contributed by atoms with Crippen LogP contribution in [0.5, 0.6) is 0 Å². The molecule has 104 valence electrons. The summed E-state index contributed by atoms with van der Waals surface area (Å²) in [6.07, 6.45) is 6.22. The van der Waals surface area contributed by atoms with Crippen molar-refractivity contribution in [1.82, 2.24) is 4.57 Å². The zero-order valence-electron chi connectivity index (χ0n) is 11.4. The van der Waals surface area contributed by atoms with E-state index in [9.17, 15) is 0 Å². The van der Waals surface area contributed by atoms with Gasteiger partial charge in [-0.3, -0.25) is 0 Å². The normalized spacial score (nSPS) is 11.1.